The van der Waals surface area contributed by atoms with Crippen molar-refractivity contribution >= 4 is 0 Å². The molecule has 1 saturated heterocycles. The SMILES string of the molecule is CCC1CN(CC)C(C)CCN1. The van der Waals surface area contributed by atoms with Crippen LogP contribution in [-0.4, -0.2) is 36.6 Å². The molecule has 0 aromatic carbocycles. The van der Waals surface area contributed by atoms with Crippen LogP contribution in [0.15, 0.2) is 0 Å². The van der Waals surface area contributed by atoms with E-state index in [0.29, 0.717) is 0 Å². The fourth-order valence-corrected chi connectivity index (χ4v) is 1.92. The van der Waals surface area contributed by atoms with Crippen LogP contribution in [0.25, 0.3) is 0 Å². The second-order valence-electron chi connectivity index (χ2n) is 3.78. The highest BCUT2D eigenvalue weighted by molar-refractivity contribution is 4.79. The molecular formula is C10H22N2. The zero-order chi connectivity index (χ0) is 8.97. The molecule has 0 aliphatic carbocycles. The number of nitrogens with one attached hydrogen (secondary N) is 1. The average molecular weight is 170 g/mol. The van der Waals surface area contributed by atoms with Gasteiger partial charge < -0.3 is 5.32 Å². The number of likely N-dealkylation sites (N-methyl/N-ethyl adjacent to an activating group) is 1. The minimum Gasteiger partial charge on any atom is -0.313 e. The maximum atomic E-state index is 3.58. The van der Waals surface area contributed by atoms with Gasteiger partial charge in [0.15, 0.2) is 0 Å². The summed E-state index contributed by atoms with van der Waals surface area (Å²) in [5.41, 5.74) is 0. The van der Waals surface area contributed by atoms with E-state index >= 15 is 0 Å². The van der Waals surface area contributed by atoms with E-state index in [9.17, 15) is 0 Å². The van der Waals surface area contributed by atoms with Crippen molar-refractivity contribution in [3.63, 3.8) is 0 Å². The molecule has 1 N–H and O–H groups in total. The maximum absolute atomic E-state index is 3.58. The Morgan fingerprint density at radius 1 is 1.42 bits per heavy atom. The van der Waals surface area contributed by atoms with E-state index in [1.165, 1.54) is 32.5 Å². The lowest BCUT2D eigenvalue weighted by Gasteiger charge is -2.27. The first-order valence-electron chi connectivity index (χ1n) is 5.25. The molecule has 72 valence electrons. The molecular weight excluding hydrogens is 148 g/mol. The first kappa shape index (κ1) is 10.0. The molecule has 0 saturated carbocycles. The lowest BCUT2D eigenvalue weighted by molar-refractivity contribution is 0.214. The van der Waals surface area contributed by atoms with Crippen LogP contribution in [-0.2, 0) is 0 Å². The van der Waals surface area contributed by atoms with Crippen molar-refractivity contribution in [2.24, 2.45) is 0 Å². The zero-order valence-electron chi connectivity index (χ0n) is 8.64. The van der Waals surface area contributed by atoms with Crippen LogP contribution in [0.3, 0.4) is 0 Å². The Hall–Kier alpha value is -0.0800. The predicted octanol–water partition coefficient (Wildman–Crippen LogP) is 1.47. The van der Waals surface area contributed by atoms with Gasteiger partial charge in [-0.3, -0.25) is 4.90 Å². The van der Waals surface area contributed by atoms with Crippen LogP contribution < -0.4 is 5.32 Å². The van der Waals surface area contributed by atoms with Gasteiger partial charge in [-0.25, -0.2) is 0 Å². The smallest absolute Gasteiger partial charge is 0.0192 e. The Kier molecular flexibility index (Phi) is 4.02. The highest BCUT2D eigenvalue weighted by atomic mass is 15.2. The molecule has 2 unspecified atom stereocenters. The third-order valence-electron chi connectivity index (χ3n) is 2.97. The average Bonchev–Trinajstić information content (AvgIpc) is 2.27. The second kappa shape index (κ2) is 4.83. The van der Waals surface area contributed by atoms with E-state index < -0.39 is 0 Å². The second-order valence-corrected chi connectivity index (χ2v) is 3.78. The molecule has 0 amide bonds. The lowest BCUT2D eigenvalue weighted by atomic mass is 10.2. The van der Waals surface area contributed by atoms with Crippen molar-refractivity contribution in [1.29, 1.82) is 0 Å². The van der Waals surface area contributed by atoms with Crippen LogP contribution in [0.1, 0.15) is 33.6 Å². The first-order valence-corrected chi connectivity index (χ1v) is 5.25. The lowest BCUT2D eigenvalue weighted by Crippen LogP contribution is -2.39. The molecule has 0 aromatic heterocycles. The van der Waals surface area contributed by atoms with Gasteiger partial charge in [-0.1, -0.05) is 13.8 Å². The minimum absolute atomic E-state index is 0.717. The van der Waals surface area contributed by atoms with Gasteiger partial charge in [-0.15, -0.1) is 0 Å². The molecule has 1 fully saturated rings. The Labute approximate surface area is 76.3 Å². The normalized spacial score (nSPS) is 33.2. The maximum Gasteiger partial charge on any atom is 0.0192 e. The third-order valence-corrected chi connectivity index (χ3v) is 2.97. The van der Waals surface area contributed by atoms with Crippen molar-refractivity contribution in [2.45, 2.75) is 45.7 Å². The Morgan fingerprint density at radius 3 is 2.75 bits per heavy atom. The van der Waals surface area contributed by atoms with E-state index in [0.717, 1.165) is 12.1 Å². The van der Waals surface area contributed by atoms with Crippen LogP contribution in [0.4, 0.5) is 0 Å². The molecule has 0 spiro atoms. The molecule has 12 heavy (non-hydrogen) atoms. The summed E-state index contributed by atoms with van der Waals surface area (Å²) in [5.74, 6) is 0. The minimum atomic E-state index is 0.717. The van der Waals surface area contributed by atoms with Gasteiger partial charge in [0, 0.05) is 18.6 Å². The fourth-order valence-electron chi connectivity index (χ4n) is 1.92. The van der Waals surface area contributed by atoms with E-state index in [4.69, 9.17) is 0 Å². The largest absolute Gasteiger partial charge is 0.313 e. The Morgan fingerprint density at radius 2 is 2.17 bits per heavy atom. The summed E-state index contributed by atoms with van der Waals surface area (Å²) >= 11 is 0. The van der Waals surface area contributed by atoms with Crippen molar-refractivity contribution in [3.8, 4) is 0 Å². The molecule has 2 atom stereocenters. The summed E-state index contributed by atoms with van der Waals surface area (Å²) < 4.78 is 0. The van der Waals surface area contributed by atoms with Crippen LogP contribution >= 0.6 is 0 Å². The van der Waals surface area contributed by atoms with Gasteiger partial charge in [0.1, 0.15) is 0 Å². The van der Waals surface area contributed by atoms with E-state index in [1.54, 1.807) is 0 Å². The van der Waals surface area contributed by atoms with Crippen LogP contribution in [0, 0.1) is 0 Å². The highest BCUT2D eigenvalue weighted by Crippen LogP contribution is 2.09. The van der Waals surface area contributed by atoms with Crippen molar-refractivity contribution in [3.05, 3.63) is 0 Å². The third kappa shape index (κ3) is 2.46. The number of hydrogen-bond acceptors (Lipinski definition) is 2. The van der Waals surface area contributed by atoms with Gasteiger partial charge in [-0.05, 0) is 32.9 Å². The summed E-state index contributed by atoms with van der Waals surface area (Å²) in [7, 11) is 0. The van der Waals surface area contributed by atoms with Crippen molar-refractivity contribution in [1.82, 2.24) is 10.2 Å². The Balaban J connectivity index is 2.46. The number of rotatable bonds is 2. The highest BCUT2D eigenvalue weighted by Gasteiger charge is 2.19. The van der Waals surface area contributed by atoms with E-state index in [1.807, 2.05) is 0 Å². The topological polar surface area (TPSA) is 15.3 Å². The molecule has 1 aliphatic heterocycles. The van der Waals surface area contributed by atoms with Gasteiger partial charge in [0.05, 0.1) is 0 Å². The molecule has 0 bridgehead atoms. The summed E-state index contributed by atoms with van der Waals surface area (Å²) in [6.45, 7) is 10.5. The molecule has 0 aromatic rings. The summed E-state index contributed by atoms with van der Waals surface area (Å²) in [4.78, 5) is 2.58. The standard InChI is InChI=1S/C10H22N2/c1-4-10-8-12(5-2)9(3)6-7-11-10/h9-11H,4-8H2,1-3H3. The van der Waals surface area contributed by atoms with Crippen molar-refractivity contribution in [2.75, 3.05) is 19.6 Å². The molecule has 0 radical (unpaired) electrons. The fraction of sp³-hybridized carbons (Fsp3) is 1.00. The monoisotopic (exact) mass is 170 g/mol. The molecule has 1 aliphatic rings. The van der Waals surface area contributed by atoms with Crippen molar-refractivity contribution < 1.29 is 0 Å². The van der Waals surface area contributed by atoms with E-state index in [2.05, 4.69) is 31.0 Å². The van der Waals surface area contributed by atoms with Gasteiger partial charge in [0.25, 0.3) is 0 Å². The number of nitrogens with zero attached hydrogens (tertiary/aromatic N) is 1. The summed E-state index contributed by atoms with van der Waals surface area (Å²) in [5, 5.41) is 3.58. The summed E-state index contributed by atoms with van der Waals surface area (Å²) in [6.07, 6.45) is 2.55. The zero-order valence-corrected chi connectivity index (χ0v) is 8.64. The quantitative estimate of drug-likeness (QED) is 0.675. The first-order chi connectivity index (χ1) is 5.77. The van der Waals surface area contributed by atoms with Gasteiger partial charge in [0.2, 0.25) is 0 Å². The molecule has 1 rings (SSSR count). The molecule has 2 nitrogen and oxygen atoms in total. The number of hydrogen-bond donors (Lipinski definition) is 1. The molecule has 2 heteroatoms. The van der Waals surface area contributed by atoms with Gasteiger partial charge >= 0.3 is 0 Å². The van der Waals surface area contributed by atoms with Gasteiger partial charge in [-0.2, -0.15) is 0 Å². The van der Waals surface area contributed by atoms with Crippen LogP contribution in [0.5, 0.6) is 0 Å². The molecule has 1 heterocycles. The predicted molar refractivity (Wildman–Crippen MR) is 53.4 cm³/mol. The van der Waals surface area contributed by atoms with E-state index in [-0.39, 0.29) is 0 Å². The van der Waals surface area contributed by atoms with Crippen LogP contribution in [0.2, 0.25) is 0 Å². The summed E-state index contributed by atoms with van der Waals surface area (Å²) in [6, 6.07) is 1.48. The Bertz CT molecular complexity index is 125.